The molecule has 0 aliphatic heterocycles. The normalized spacial score (nSPS) is 10.3. The van der Waals surface area contributed by atoms with E-state index >= 15 is 0 Å². The topological polar surface area (TPSA) is 68.3 Å². The van der Waals surface area contributed by atoms with E-state index in [1.807, 2.05) is 0 Å². The average molecular weight is 276 g/mol. The summed E-state index contributed by atoms with van der Waals surface area (Å²) < 4.78 is 17.8. The number of carbonyl (C=O) groups excluding carboxylic acids is 2. The molecular weight excluding hydrogens is 263 g/mol. The van der Waals surface area contributed by atoms with Gasteiger partial charge in [0.15, 0.2) is 0 Å². The first kappa shape index (κ1) is 13.9. The maximum absolute atomic E-state index is 13.1. The number of pyridine rings is 1. The number of aromatic nitrogens is 1. The van der Waals surface area contributed by atoms with Gasteiger partial charge in [-0.25, -0.2) is 4.39 Å². The summed E-state index contributed by atoms with van der Waals surface area (Å²) in [5.41, 5.74) is 0.848. The maximum Gasteiger partial charge on any atom is 0.325 e. The Hall–Kier alpha value is -2.50. The Morgan fingerprint density at radius 3 is 2.90 bits per heavy atom. The molecule has 1 heterocycles. The number of rotatable bonds is 4. The highest BCUT2D eigenvalue weighted by atomic mass is 19.1. The quantitative estimate of drug-likeness (QED) is 0.862. The molecule has 0 aliphatic rings. The fourth-order valence-corrected chi connectivity index (χ4v) is 1.69. The van der Waals surface area contributed by atoms with Gasteiger partial charge in [-0.2, -0.15) is 0 Å². The van der Waals surface area contributed by atoms with E-state index in [0.29, 0.717) is 10.9 Å². The standard InChI is InChI=1S/C14H13FN2O3/c1-2-20-13(18)8-17-14(19)10-5-9-6-11(15)3-4-12(9)16-7-10/h3-7H,2,8H2,1H3,(H,17,19). The number of benzene rings is 1. The van der Waals surface area contributed by atoms with Gasteiger partial charge in [0.05, 0.1) is 17.7 Å². The summed E-state index contributed by atoms with van der Waals surface area (Å²) in [5.74, 6) is -1.37. The molecule has 0 fully saturated rings. The molecule has 1 aromatic carbocycles. The summed E-state index contributed by atoms with van der Waals surface area (Å²) in [6.07, 6.45) is 1.38. The Balaban J connectivity index is 2.12. The molecule has 0 aliphatic carbocycles. The van der Waals surface area contributed by atoms with Crippen LogP contribution in [-0.4, -0.2) is 30.0 Å². The highest BCUT2D eigenvalue weighted by molar-refractivity contribution is 5.98. The van der Waals surface area contributed by atoms with Crippen LogP contribution in [0.3, 0.4) is 0 Å². The summed E-state index contributed by atoms with van der Waals surface area (Å²) in [4.78, 5) is 27.0. The molecule has 2 rings (SSSR count). The Bertz CT molecular complexity index is 658. The van der Waals surface area contributed by atoms with Crippen LogP contribution >= 0.6 is 0 Å². The molecule has 20 heavy (non-hydrogen) atoms. The van der Waals surface area contributed by atoms with Crippen LogP contribution in [0.4, 0.5) is 4.39 Å². The van der Waals surface area contributed by atoms with Crippen molar-refractivity contribution in [1.82, 2.24) is 10.3 Å². The van der Waals surface area contributed by atoms with Crippen molar-refractivity contribution in [3.8, 4) is 0 Å². The summed E-state index contributed by atoms with van der Waals surface area (Å²) in [6.45, 7) is 1.72. The van der Waals surface area contributed by atoms with Gasteiger partial charge >= 0.3 is 5.97 Å². The Labute approximate surface area is 114 Å². The number of nitrogens with zero attached hydrogens (tertiary/aromatic N) is 1. The molecule has 0 radical (unpaired) electrons. The van der Waals surface area contributed by atoms with Gasteiger partial charge in [-0.3, -0.25) is 14.6 Å². The third-order valence-electron chi connectivity index (χ3n) is 2.60. The largest absolute Gasteiger partial charge is 0.465 e. The second kappa shape index (κ2) is 6.10. The first-order chi connectivity index (χ1) is 9.60. The zero-order chi connectivity index (χ0) is 14.5. The SMILES string of the molecule is CCOC(=O)CNC(=O)c1cnc2ccc(F)cc2c1. The number of hydrogen-bond donors (Lipinski definition) is 1. The van der Waals surface area contributed by atoms with Gasteiger partial charge in [0.25, 0.3) is 5.91 Å². The summed E-state index contributed by atoms with van der Waals surface area (Å²) in [7, 11) is 0. The van der Waals surface area contributed by atoms with Gasteiger partial charge in [0.1, 0.15) is 12.4 Å². The van der Waals surface area contributed by atoms with Crippen molar-refractivity contribution in [3.05, 3.63) is 41.8 Å². The summed E-state index contributed by atoms with van der Waals surface area (Å²) >= 11 is 0. The minimum Gasteiger partial charge on any atom is -0.465 e. The van der Waals surface area contributed by atoms with Crippen molar-refractivity contribution in [1.29, 1.82) is 0 Å². The highest BCUT2D eigenvalue weighted by Gasteiger charge is 2.10. The zero-order valence-electron chi connectivity index (χ0n) is 10.9. The van der Waals surface area contributed by atoms with E-state index in [4.69, 9.17) is 4.74 Å². The third-order valence-corrected chi connectivity index (χ3v) is 2.60. The van der Waals surface area contributed by atoms with E-state index in [1.165, 1.54) is 30.5 Å². The van der Waals surface area contributed by atoms with Crippen molar-refractivity contribution in [2.75, 3.05) is 13.2 Å². The van der Waals surface area contributed by atoms with E-state index in [2.05, 4.69) is 10.3 Å². The highest BCUT2D eigenvalue weighted by Crippen LogP contribution is 2.14. The number of halogens is 1. The number of ether oxygens (including phenoxy) is 1. The molecule has 5 nitrogen and oxygen atoms in total. The molecule has 2 aromatic rings. The van der Waals surface area contributed by atoms with Crippen LogP contribution in [0, 0.1) is 5.82 Å². The number of amides is 1. The van der Waals surface area contributed by atoms with Gasteiger partial charge in [-0.05, 0) is 31.2 Å². The second-order valence-corrected chi connectivity index (χ2v) is 4.05. The number of carbonyl (C=O) groups is 2. The van der Waals surface area contributed by atoms with Crippen molar-refractivity contribution < 1.29 is 18.7 Å². The van der Waals surface area contributed by atoms with Crippen LogP contribution in [0.25, 0.3) is 10.9 Å². The van der Waals surface area contributed by atoms with Gasteiger partial charge in [-0.1, -0.05) is 0 Å². The van der Waals surface area contributed by atoms with E-state index in [-0.39, 0.29) is 18.7 Å². The van der Waals surface area contributed by atoms with Crippen LogP contribution in [0.2, 0.25) is 0 Å². The lowest BCUT2D eigenvalue weighted by Gasteiger charge is -2.05. The van der Waals surface area contributed by atoms with Crippen molar-refractivity contribution in [2.24, 2.45) is 0 Å². The van der Waals surface area contributed by atoms with Gasteiger partial charge in [-0.15, -0.1) is 0 Å². The molecule has 0 atom stereocenters. The van der Waals surface area contributed by atoms with Gasteiger partial charge in [0.2, 0.25) is 0 Å². The van der Waals surface area contributed by atoms with Crippen molar-refractivity contribution in [3.63, 3.8) is 0 Å². The molecule has 104 valence electrons. The smallest absolute Gasteiger partial charge is 0.325 e. The van der Waals surface area contributed by atoms with E-state index in [1.54, 1.807) is 6.92 Å². The van der Waals surface area contributed by atoms with Gasteiger partial charge < -0.3 is 10.1 Å². The second-order valence-electron chi connectivity index (χ2n) is 4.05. The minimum atomic E-state index is -0.513. The molecule has 1 amide bonds. The fourth-order valence-electron chi connectivity index (χ4n) is 1.69. The minimum absolute atomic E-state index is 0.214. The van der Waals surface area contributed by atoms with E-state index in [9.17, 15) is 14.0 Å². The molecular formula is C14H13FN2O3. The molecule has 1 N–H and O–H groups in total. The Kier molecular flexibility index (Phi) is 4.24. The first-order valence-electron chi connectivity index (χ1n) is 6.09. The number of nitrogens with one attached hydrogen (secondary N) is 1. The molecule has 0 bridgehead atoms. The summed E-state index contributed by atoms with van der Waals surface area (Å²) in [6, 6.07) is 5.65. The number of fused-ring (bicyclic) bond motifs is 1. The van der Waals surface area contributed by atoms with Crippen LogP contribution in [0.15, 0.2) is 30.5 Å². The van der Waals surface area contributed by atoms with Crippen LogP contribution in [0.5, 0.6) is 0 Å². The predicted octanol–water partition coefficient (Wildman–Crippen LogP) is 1.67. The van der Waals surface area contributed by atoms with Crippen LogP contribution in [-0.2, 0) is 9.53 Å². The lowest BCUT2D eigenvalue weighted by molar-refractivity contribution is -0.141. The molecule has 1 aromatic heterocycles. The predicted molar refractivity (Wildman–Crippen MR) is 70.7 cm³/mol. The third kappa shape index (κ3) is 3.28. The Morgan fingerprint density at radius 1 is 1.35 bits per heavy atom. The lowest BCUT2D eigenvalue weighted by atomic mass is 10.1. The first-order valence-corrected chi connectivity index (χ1v) is 6.09. The molecule has 6 heteroatoms. The van der Waals surface area contributed by atoms with Crippen molar-refractivity contribution >= 4 is 22.8 Å². The maximum atomic E-state index is 13.1. The van der Waals surface area contributed by atoms with Crippen LogP contribution in [0.1, 0.15) is 17.3 Å². The Morgan fingerprint density at radius 2 is 2.15 bits per heavy atom. The monoisotopic (exact) mass is 276 g/mol. The summed E-state index contributed by atoms with van der Waals surface area (Å²) in [5, 5.41) is 2.94. The number of hydrogen-bond acceptors (Lipinski definition) is 4. The average Bonchev–Trinajstić information content (AvgIpc) is 2.44. The van der Waals surface area contributed by atoms with Gasteiger partial charge in [0, 0.05) is 11.6 Å². The zero-order valence-corrected chi connectivity index (χ0v) is 10.9. The molecule has 0 spiro atoms. The van der Waals surface area contributed by atoms with E-state index < -0.39 is 17.7 Å². The van der Waals surface area contributed by atoms with Crippen LogP contribution < -0.4 is 5.32 Å². The van der Waals surface area contributed by atoms with Crippen molar-refractivity contribution in [2.45, 2.75) is 6.92 Å². The van der Waals surface area contributed by atoms with E-state index in [0.717, 1.165) is 0 Å². The fraction of sp³-hybridized carbons (Fsp3) is 0.214. The number of esters is 1. The lowest BCUT2D eigenvalue weighted by Crippen LogP contribution is -2.30. The molecule has 0 unspecified atom stereocenters. The molecule has 0 saturated carbocycles. The molecule has 0 saturated heterocycles.